The first-order valence-corrected chi connectivity index (χ1v) is 15.1. The number of benzene rings is 2. The van der Waals surface area contributed by atoms with Gasteiger partial charge in [0.25, 0.3) is 11.8 Å². The van der Waals surface area contributed by atoms with Gasteiger partial charge in [-0.3, -0.25) is 13.8 Å². The molecule has 0 spiro atoms. The molecule has 1 aliphatic rings. The third-order valence-electron chi connectivity index (χ3n) is 6.54. The number of unbranched alkanes of at least 4 members (excludes halogenated alkanes) is 1. The number of carbonyl (C=O) groups excluding carboxylic acids is 2. The topological polar surface area (TPSA) is 117 Å². The number of halogens is 2. The molecular formula is C27H28Cl2N2O6S. The summed E-state index contributed by atoms with van der Waals surface area (Å²) in [5, 5.41) is 13.2. The second-order valence-corrected chi connectivity index (χ2v) is 13.1. The number of carbonyl (C=O) groups is 3. The van der Waals surface area contributed by atoms with Gasteiger partial charge in [-0.05, 0) is 76.5 Å². The van der Waals surface area contributed by atoms with Gasteiger partial charge < -0.3 is 19.7 Å². The van der Waals surface area contributed by atoms with E-state index in [1.54, 1.807) is 35.6 Å². The number of furan rings is 1. The molecule has 1 aliphatic heterocycles. The van der Waals surface area contributed by atoms with Gasteiger partial charge in [0.1, 0.15) is 11.6 Å². The molecule has 2 N–H and O–H groups in total. The van der Waals surface area contributed by atoms with Crippen molar-refractivity contribution in [3.05, 3.63) is 68.9 Å². The van der Waals surface area contributed by atoms with E-state index >= 15 is 0 Å². The van der Waals surface area contributed by atoms with E-state index in [1.165, 1.54) is 0 Å². The fourth-order valence-corrected chi connectivity index (χ4v) is 6.13. The Labute approximate surface area is 230 Å². The first-order chi connectivity index (χ1) is 17.9. The Kier molecular flexibility index (Phi) is 8.40. The smallest absolute Gasteiger partial charge is 0.326 e. The van der Waals surface area contributed by atoms with Gasteiger partial charge in [0, 0.05) is 36.0 Å². The number of hydrogen-bond donors (Lipinski definition) is 2. The predicted octanol–water partition coefficient (Wildman–Crippen LogP) is 4.64. The number of amides is 2. The van der Waals surface area contributed by atoms with Crippen molar-refractivity contribution in [3.63, 3.8) is 0 Å². The second kappa shape index (κ2) is 11.4. The van der Waals surface area contributed by atoms with Crippen molar-refractivity contribution >= 4 is 67.3 Å². The molecule has 38 heavy (non-hydrogen) atoms. The molecule has 0 aliphatic carbocycles. The van der Waals surface area contributed by atoms with E-state index in [0.29, 0.717) is 48.3 Å². The van der Waals surface area contributed by atoms with Crippen LogP contribution in [0.2, 0.25) is 10.0 Å². The van der Waals surface area contributed by atoms with Crippen LogP contribution in [0.15, 0.2) is 41.0 Å². The number of carboxylic acid groups (broad SMARTS) is 1. The zero-order valence-electron chi connectivity index (χ0n) is 20.8. The molecule has 0 fully saturated rings. The van der Waals surface area contributed by atoms with Crippen molar-refractivity contribution in [3.8, 4) is 0 Å². The molecule has 0 bridgehead atoms. The minimum absolute atomic E-state index is 0.00992. The number of carboxylic acids is 1. The van der Waals surface area contributed by atoms with E-state index in [9.17, 15) is 23.7 Å². The highest BCUT2D eigenvalue weighted by molar-refractivity contribution is 7.99. The number of nitrogens with zero attached hydrogens (tertiary/aromatic N) is 1. The van der Waals surface area contributed by atoms with Crippen LogP contribution in [0, 0.1) is 0 Å². The van der Waals surface area contributed by atoms with Crippen LogP contribution in [-0.4, -0.2) is 62.5 Å². The average Bonchev–Trinajstić information content (AvgIpc) is 3.32. The van der Waals surface area contributed by atoms with Crippen LogP contribution < -0.4 is 5.32 Å². The molecule has 2 heterocycles. The molecule has 8 nitrogen and oxygen atoms in total. The highest BCUT2D eigenvalue weighted by Gasteiger charge is 2.29. The minimum Gasteiger partial charge on any atom is -0.480 e. The van der Waals surface area contributed by atoms with Gasteiger partial charge in [0.05, 0.1) is 21.9 Å². The molecule has 0 radical (unpaired) electrons. The van der Waals surface area contributed by atoms with Crippen molar-refractivity contribution in [2.75, 3.05) is 18.6 Å². The van der Waals surface area contributed by atoms with Crippen LogP contribution in [-0.2, 0) is 27.3 Å². The fraction of sp³-hybridized carbons (Fsp3) is 0.333. The Morgan fingerprint density at radius 3 is 2.68 bits per heavy atom. The zero-order valence-corrected chi connectivity index (χ0v) is 23.1. The van der Waals surface area contributed by atoms with Gasteiger partial charge in [0.15, 0.2) is 0 Å². The number of rotatable bonds is 9. The van der Waals surface area contributed by atoms with Gasteiger partial charge >= 0.3 is 5.97 Å². The Bertz CT molecular complexity index is 1520. The van der Waals surface area contributed by atoms with E-state index in [-0.39, 0.29) is 34.5 Å². The van der Waals surface area contributed by atoms with Crippen molar-refractivity contribution < 1.29 is 28.1 Å². The van der Waals surface area contributed by atoms with Crippen LogP contribution in [0.1, 0.15) is 51.1 Å². The third kappa shape index (κ3) is 6.34. The molecule has 0 saturated carbocycles. The van der Waals surface area contributed by atoms with Crippen molar-refractivity contribution in [1.82, 2.24) is 10.2 Å². The quantitative estimate of drug-likeness (QED) is 0.282. The predicted molar refractivity (Wildman–Crippen MR) is 150 cm³/mol. The van der Waals surface area contributed by atoms with Crippen LogP contribution >= 0.6 is 23.2 Å². The van der Waals surface area contributed by atoms with Crippen molar-refractivity contribution in [1.29, 1.82) is 0 Å². The van der Waals surface area contributed by atoms with Gasteiger partial charge in [-0.2, -0.15) is 0 Å². The Morgan fingerprint density at radius 2 is 1.97 bits per heavy atom. The molecule has 2 aromatic carbocycles. The highest BCUT2D eigenvalue weighted by atomic mass is 35.5. The maximum atomic E-state index is 13.1. The SMILES string of the molecule is C=S(C)(=O)CCCC[C@H](NC(=O)c1c(Cl)cc2c(c1Cl)CCN(C(=O)c1ccc3ccoc3c1)C2)C(=O)O. The standard InChI is InChI=1S/C27H28Cl2N2O6S/c1-38(2,36)12-4-3-5-21(27(34)35)30-25(32)23-20(28)13-18-15-31(10-8-19(18)24(23)29)26(33)17-7-6-16-9-11-37-22(16)14-17/h6-7,9,11,13-14,21H,1,3-5,8,10,12,15H2,2H3,(H,30,32)(H,34,35)/t21-,38?/m0/s1. The monoisotopic (exact) mass is 578 g/mol. The second-order valence-electron chi connectivity index (χ2n) is 9.58. The maximum Gasteiger partial charge on any atom is 0.326 e. The summed E-state index contributed by atoms with van der Waals surface area (Å²) >= 11 is 13.1. The van der Waals surface area contributed by atoms with Crippen LogP contribution in [0.5, 0.6) is 0 Å². The van der Waals surface area contributed by atoms with Crippen LogP contribution in [0.25, 0.3) is 11.0 Å². The summed E-state index contributed by atoms with van der Waals surface area (Å²) in [7, 11) is -2.16. The average molecular weight is 580 g/mol. The van der Waals surface area contributed by atoms with Crippen molar-refractivity contribution in [2.45, 2.75) is 38.3 Å². The summed E-state index contributed by atoms with van der Waals surface area (Å²) in [6.07, 6.45) is 4.68. The van der Waals surface area contributed by atoms with Gasteiger partial charge in [0.2, 0.25) is 0 Å². The molecule has 2 amide bonds. The molecule has 2 atom stereocenters. The van der Waals surface area contributed by atoms with Crippen LogP contribution in [0.4, 0.5) is 0 Å². The highest BCUT2D eigenvalue weighted by Crippen LogP contribution is 2.35. The fourth-order valence-electron chi connectivity index (χ4n) is 4.55. The zero-order chi connectivity index (χ0) is 27.6. The summed E-state index contributed by atoms with van der Waals surface area (Å²) in [5.41, 5.74) is 2.56. The lowest BCUT2D eigenvalue weighted by atomic mass is 9.95. The summed E-state index contributed by atoms with van der Waals surface area (Å²) in [5.74, 6) is 1.94. The van der Waals surface area contributed by atoms with Gasteiger partial charge in [-0.25, -0.2) is 4.79 Å². The first kappa shape index (κ1) is 28.0. The summed E-state index contributed by atoms with van der Waals surface area (Å²) in [4.78, 5) is 39.6. The van der Waals surface area contributed by atoms with E-state index in [4.69, 9.17) is 27.6 Å². The van der Waals surface area contributed by atoms with Gasteiger partial charge in [-0.15, -0.1) is 0 Å². The number of aliphatic carboxylic acids is 1. The maximum absolute atomic E-state index is 13.1. The lowest BCUT2D eigenvalue weighted by Crippen LogP contribution is -2.41. The summed E-state index contributed by atoms with van der Waals surface area (Å²) in [6, 6.07) is 7.57. The molecule has 3 aromatic rings. The lowest BCUT2D eigenvalue weighted by Gasteiger charge is -2.30. The first-order valence-electron chi connectivity index (χ1n) is 12.0. The van der Waals surface area contributed by atoms with E-state index in [1.807, 2.05) is 12.1 Å². The normalized spacial score (nSPS) is 15.5. The molecular weight excluding hydrogens is 551 g/mol. The molecule has 0 saturated heterocycles. The summed E-state index contributed by atoms with van der Waals surface area (Å²) in [6.45, 7) is 0.644. The van der Waals surface area contributed by atoms with E-state index in [0.717, 1.165) is 10.9 Å². The molecule has 1 unspecified atom stereocenters. The van der Waals surface area contributed by atoms with Crippen molar-refractivity contribution in [2.24, 2.45) is 0 Å². The lowest BCUT2D eigenvalue weighted by molar-refractivity contribution is -0.139. The minimum atomic E-state index is -2.16. The number of hydrogen-bond acceptors (Lipinski definition) is 5. The molecule has 202 valence electrons. The Morgan fingerprint density at radius 1 is 1.21 bits per heavy atom. The molecule has 11 heteroatoms. The van der Waals surface area contributed by atoms with Crippen LogP contribution in [0.3, 0.4) is 0 Å². The third-order valence-corrected chi connectivity index (χ3v) is 8.41. The van der Waals surface area contributed by atoms with E-state index < -0.39 is 27.4 Å². The largest absolute Gasteiger partial charge is 0.480 e. The molecule has 1 aromatic heterocycles. The summed E-state index contributed by atoms with van der Waals surface area (Å²) < 4.78 is 17.1. The molecule has 4 rings (SSSR count). The van der Waals surface area contributed by atoms with Gasteiger partial charge in [-0.1, -0.05) is 29.3 Å². The Hall–Kier alpha value is -3.01. The number of nitrogens with one attached hydrogen (secondary N) is 1. The van der Waals surface area contributed by atoms with E-state index in [2.05, 4.69) is 11.2 Å². The Balaban J connectivity index is 1.47. The number of fused-ring (bicyclic) bond motifs is 2.